The molecule has 0 atom stereocenters. The summed E-state index contributed by atoms with van der Waals surface area (Å²) in [6.45, 7) is 6.48. The summed E-state index contributed by atoms with van der Waals surface area (Å²) in [5, 5.41) is 12.0. The normalized spacial score (nSPS) is 10.0. The van der Waals surface area contributed by atoms with Crippen LogP contribution in [0.15, 0.2) is 12.1 Å². The van der Waals surface area contributed by atoms with Crippen LogP contribution in [-0.4, -0.2) is 19.8 Å². The predicted octanol–water partition coefficient (Wildman–Crippen LogP) is 3.09. The molecular weight excluding hydrogens is 355 g/mol. The van der Waals surface area contributed by atoms with Crippen molar-refractivity contribution in [3.05, 3.63) is 21.3 Å². The van der Waals surface area contributed by atoms with Crippen LogP contribution in [0, 0.1) is 14.9 Å². The molecule has 0 amide bonds. The summed E-state index contributed by atoms with van der Waals surface area (Å²) >= 11 is 2.21. The van der Waals surface area contributed by atoms with Crippen LogP contribution in [0.5, 0.6) is 11.5 Å². The van der Waals surface area contributed by atoms with Crippen molar-refractivity contribution < 1.29 is 9.47 Å². The Morgan fingerprint density at radius 3 is 2.74 bits per heavy atom. The molecule has 0 aliphatic rings. The van der Waals surface area contributed by atoms with Gasteiger partial charge < -0.3 is 14.8 Å². The molecule has 0 radical (unpaired) electrons. The fraction of sp³-hybridized carbons (Fsp3) is 0.500. The minimum Gasteiger partial charge on any atom is -0.490 e. The average Bonchev–Trinajstić information content (AvgIpc) is 2.38. The topological polar surface area (TPSA) is 54.3 Å². The molecule has 0 aliphatic heterocycles. The summed E-state index contributed by atoms with van der Waals surface area (Å²) in [7, 11) is 0. The molecule has 0 aromatic heterocycles. The summed E-state index contributed by atoms with van der Waals surface area (Å²) in [6, 6.07) is 6.00. The van der Waals surface area contributed by atoms with E-state index in [1.807, 2.05) is 19.1 Å². The molecule has 5 heteroatoms. The fourth-order valence-electron chi connectivity index (χ4n) is 1.64. The molecular formula is C14H19IN2O2. The van der Waals surface area contributed by atoms with E-state index in [0.717, 1.165) is 28.6 Å². The number of rotatable bonds is 8. The van der Waals surface area contributed by atoms with Gasteiger partial charge in [0.15, 0.2) is 18.1 Å². The SMILES string of the molecule is CCCNCc1cc(I)c(OCC#N)c(OCC)c1. The van der Waals surface area contributed by atoms with Crippen molar-refractivity contribution in [1.29, 1.82) is 5.26 Å². The predicted molar refractivity (Wildman–Crippen MR) is 83.4 cm³/mol. The maximum atomic E-state index is 8.61. The van der Waals surface area contributed by atoms with Gasteiger partial charge in [0.1, 0.15) is 6.07 Å². The highest BCUT2D eigenvalue weighted by molar-refractivity contribution is 14.1. The lowest BCUT2D eigenvalue weighted by atomic mass is 10.2. The number of nitrogens with one attached hydrogen (secondary N) is 1. The summed E-state index contributed by atoms with van der Waals surface area (Å²) in [4.78, 5) is 0. The van der Waals surface area contributed by atoms with Crippen LogP contribution in [0.4, 0.5) is 0 Å². The monoisotopic (exact) mass is 374 g/mol. The quantitative estimate of drug-likeness (QED) is 0.561. The highest BCUT2D eigenvalue weighted by atomic mass is 127. The first-order chi connectivity index (χ1) is 9.22. The van der Waals surface area contributed by atoms with Crippen LogP contribution < -0.4 is 14.8 Å². The largest absolute Gasteiger partial charge is 0.490 e. The Hall–Kier alpha value is -1.00. The van der Waals surface area contributed by atoms with E-state index >= 15 is 0 Å². The van der Waals surface area contributed by atoms with Crippen molar-refractivity contribution in [3.8, 4) is 17.6 Å². The van der Waals surface area contributed by atoms with Crippen molar-refractivity contribution in [2.24, 2.45) is 0 Å². The van der Waals surface area contributed by atoms with Crippen LogP contribution in [-0.2, 0) is 6.54 Å². The van der Waals surface area contributed by atoms with E-state index in [0.29, 0.717) is 18.1 Å². The van der Waals surface area contributed by atoms with Crippen molar-refractivity contribution in [2.75, 3.05) is 19.8 Å². The molecule has 0 saturated carbocycles. The van der Waals surface area contributed by atoms with Gasteiger partial charge in [0.25, 0.3) is 0 Å². The smallest absolute Gasteiger partial charge is 0.176 e. The second kappa shape index (κ2) is 8.99. The maximum absolute atomic E-state index is 8.61. The Morgan fingerprint density at radius 2 is 2.11 bits per heavy atom. The third-order valence-corrected chi connectivity index (χ3v) is 3.21. The van der Waals surface area contributed by atoms with Crippen molar-refractivity contribution in [1.82, 2.24) is 5.32 Å². The average molecular weight is 374 g/mol. The molecule has 1 aromatic rings. The van der Waals surface area contributed by atoms with Crippen LogP contribution in [0.2, 0.25) is 0 Å². The van der Waals surface area contributed by atoms with Gasteiger partial charge in [-0.2, -0.15) is 5.26 Å². The molecule has 0 bridgehead atoms. The van der Waals surface area contributed by atoms with Crippen molar-refractivity contribution in [3.63, 3.8) is 0 Å². The summed E-state index contributed by atoms with van der Waals surface area (Å²) in [6.07, 6.45) is 1.11. The molecule has 0 aliphatic carbocycles. The third-order valence-electron chi connectivity index (χ3n) is 2.41. The minimum atomic E-state index is 0.0313. The van der Waals surface area contributed by atoms with Gasteiger partial charge in [-0.1, -0.05) is 6.92 Å². The summed E-state index contributed by atoms with van der Waals surface area (Å²) in [5.74, 6) is 1.36. The number of hydrogen-bond acceptors (Lipinski definition) is 4. The Morgan fingerprint density at radius 1 is 1.32 bits per heavy atom. The van der Waals surface area contributed by atoms with E-state index in [2.05, 4.69) is 40.9 Å². The van der Waals surface area contributed by atoms with Crippen molar-refractivity contribution in [2.45, 2.75) is 26.8 Å². The minimum absolute atomic E-state index is 0.0313. The first-order valence-corrected chi connectivity index (χ1v) is 7.46. The molecule has 0 fully saturated rings. The number of benzene rings is 1. The molecule has 1 N–H and O–H groups in total. The molecule has 1 rings (SSSR count). The second-order valence-corrected chi connectivity index (χ2v) is 5.12. The van der Waals surface area contributed by atoms with Crippen LogP contribution in [0.3, 0.4) is 0 Å². The van der Waals surface area contributed by atoms with E-state index in [-0.39, 0.29) is 6.61 Å². The number of ether oxygens (including phenoxy) is 2. The first-order valence-electron chi connectivity index (χ1n) is 6.38. The molecule has 0 heterocycles. The number of nitrogens with zero attached hydrogens (tertiary/aromatic N) is 1. The van der Waals surface area contributed by atoms with E-state index in [9.17, 15) is 0 Å². The first kappa shape index (κ1) is 16.1. The molecule has 0 spiro atoms. The van der Waals surface area contributed by atoms with Gasteiger partial charge in [-0.3, -0.25) is 0 Å². The third kappa shape index (κ3) is 5.25. The van der Waals surface area contributed by atoms with Crippen LogP contribution >= 0.6 is 22.6 Å². The molecule has 104 valence electrons. The van der Waals surface area contributed by atoms with Crippen LogP contribution in [0.1, 0.15) is 25.8 Å². The molecule has 4 nitrogen and oxygen atoms in total. The van der Waals surface area contributed by atoms with Crippen LogP contribution in [0.25, 0.3) is 0 Å². The Kier molecular flexibility index (Phi) is 7.60. The van der Waals surface area contributed by atoms with Gasteiger partial charge >= 0.3 is 0 Å². The molecule has 1 aromatic carbocycles. The van der Waals surface area contributed by atoms with E-state index in [4.69, 9.17) is 14.7 Å². The Bertz CT molecular complexity index is 444. The summed E-state index contributed by atoms with van der Waals surface area (Å²) in [5.41, 5.74) is 1.16. The van der Waals surface area contributed by atoms with E-state index in [1.165, 1.54) is 0 Å². The molecule has 19 heavy (non-hydrogen) atoms. The Labute approximate surface area is 128 Å². The summed E-state index contributed by atoms with van der Waals surface area (Å²) < 4.78 is 12.0. The van der Waals surface area contributed by atoms with E-state index < -0.39 is 0 Å². The number of halogens is 1. The number of nitriles is 1. The van der Waals surface area contributed by atoms with Gasteiger partial charge in [-0.25, -0.2) is 0 Å². The van der Waals surface area contributed by atoms with Gasteiger partial charge in [-0.05, 0) is 60.2 Å². The fourth-order valence-corrected chi connectivity index (χ4v) is 2.46. The second-order valence-electron chi connectivity index (χ2n) is 3.96. The van der Waals surface area contributed by atoms with Crippen molar-refractivity contribution >= 4 is 22.6 Å². The molecule has 0 unspecified atom stereocenters. The highest BCUT2D eigenvalue weighted by Gasteiger charge is 2.12. The maximum Gasteiger partial charge on any atom is 0.176 e. The zero-order valence-corrected chi connectivity index (χ0v) is 13.5. The zero-order chi connectivity index (χ0) is 14.1. The lowest BCUT2D eigenvalue weighted by Gasteiger charge is -2.14. The van der Waals surface area contributed by atoms with E-state index in [1.54, 1.807) is 0 Å². The Balaban J connectivity index is 2.89. The van der Waals surface area contributed by atoms with Gasteiger partial charge in [-0.15, -0.1) is 0 Å². The number of hydrogen-bond donors (Lipinski definition) is 1. The lowest BCUT2D eigenvalue weighted by Crippen LogP contribution is -2.14. The molecule has 0 saturated heterocycles. The highest BCUT2D eigenvalue weighted by Crippen LogP contribution is 2.34. The van der Waals surface area contributed by atoms with Gasteiger partial charge in [0.05, 0.1) is 10.2 Å². The zero-order valence-electron chi connectivity index (χ0n) is 11.3. The van der Waals surface area contributed by atoms with Gasteiger partial charge in [0, 0.05) is 6.54 Å². The van der Waals surface area contributed by atoms with Gasteiger partial charge in [0.2, 0.25) is 0 Å². The lowest BCUT2D eigenvalue weighted by molar-refractivity contribution is 0.296. The standard InChI is InChI=1S/C14H19IN2O2/c1-3-6-17-10-11-8-12(15)14(19-7-5-16)13(9-11)18-4-2/h8-9,17H,3-4,6-7,10H2,1-2H3.